The zero-order valence-electron chi connectivity index (χ0n) is 16.2. The number of aromatic nitrogens is 2. The molecular formula is C23H25N3O2. The van der Waals surface area contributed by atoms with Gasteiger partial charge in [-0.15, -0.1) is 0 Å². The number of hydrogen-bond donors (Lipinski definition) is 1. The van der Waals surface area contributed by atoms with Gasteiger partial charge in [0.15, 0.2) is 0 Å². The third-order valence-corrected chi connectivity index (χ3v) is 4.38. The molecule has 2 aromatic heterocycles. The predicted octanol–water partition coefficient (Wildman–Crippen LogP) is 3.93. The van der Waals surface area contributed by atoms with Crippen LogP contribution >= 0.6 is 0 Å². The summed E-state index contributed by atoms with van der Waals surface area (Å²) in [5, 5.41) is 9.35. The topological polar surface area (TPSA) is 66.3 Å². The number of carbonyl (C=O) groups is 1. The fraction of sp³-hybridized carbons (Fsp3) is 0.261. The third kappa shape index (κ3) is 5.02. The lowest BCUT2D eigenvalue weighted by molar-refractivity contribution is 0.0722. The summed E-state index contributed by atoms with van der Waals surface area (Å²) in [5.41, 5.74) is 4.01. The molecule has 1 N–H and O–H groups in total. The Balaban J connectivity index is 1.88. The summed E-state index contributed by atoms with van der Waals surface area (Å²) in [7, 11) is 0. The highest BCUT2D eigenvalue weighted by Crippen LogP contribution is 2.21. The number of carbonyl (C=O) groups excluding carboxylic acids is 1. The van der Waals surface area contributed by atoms with Gasteiger partial charge in [0.25, 0.3) is 5.91 Å². The molecule has 2 heterocycles. The zero-order chi connectivity index (χ0) is 19.9. The number of nitrogens with zero attached hydrogens (tertiary/aromatic N) is 3. The Hall–Kier alpha value is -3.05. The highest BCUT2D eigenvalue weighted by atomic mass is 16.3. The van der Waals surface area contributed by atoms with Crippen molar-refractivity contribution >= 4 is 5.91 Å². The predicted molar refractivity (Wildman–Crippen MR) is 109 cm³/mol. The van der Waals surface area contributed by atoms with E-state index < -0.39 is 0 Å². The van der Waals surface area contributed by atoms with Gasteiger partial charge in [0.2, 0.25) is 0 Å². The molecule has 0 aliphatic heterocycles. The molecule has 0 atom stereocenters. The van der Waals surface area contributed by atoms with E-state index >= 15 is 0 Å². The molecule has 1 amide bonds. The Morgan fingerprint density at radius 1 is 1.07 bits per heavy atom. The van der Waals surface area contributed by atoms with E-state index in [4.69, 9.17) is 0 Å². The van der Waals surface area contributed by atoms with Gasteiger partial charge < -0.3 is 10.0 Å². The van der Waals surface area contributed by atoms with E-state index in [0.717, 1.165) is 22.4 Å². The van der Waals surface area contributed by atoms with Crippen molar-refractivity contribution in [2.45, 2.75) is 27.0 Å². The van der Waals surface area contributed by atoms with Crippen molar-refractivity contribution in [1.82, 2.24) is 14.9 Å². The maximum Gasteiger partial charge on any atom is 0.254 e. The summed E-state index contributed by atoms with van der Waals surface area (Å²) in [4.78, 5) is 23.6. The van der Waals surface area contributed by atoms with Gasteiger partial charge >= 0.3 is 0 Å². The van der Waals surface area contributed by atoms with Crippen molar-refractivity contribution in [1.29, 1.82) is 0 Å². The second kappa shape index (κ2) is 9.24. The Labute approximate surface area is 165 Å². The van der Waals surface area contributed by atoms with Crippen LogP contribution in [-0.4, -0.2) is 32.4 Å². The molecule has 0 spiro atoms. The quantitative estimate of drug-likeness (QED) is 0.679. The van der Waals surface area contributed by atoms with Gasteiger partial charge in [0.05, 0.1) is 12.3 Å². The Bertz CT molecular complexity index is 926. The minimum absolute atomic E-state index is 0.0160. The van der Waals surface area contributed by atoms with E-state index in [9.17, 15) is 9.90 Å². The lowest BCUT2D eigenvalue weighted by atomic mass is 10.0. The van der Waals surface area contributed by atoms with Gasteiger partial charge in [0.1, 0.15) is 0 Å². The van der Waals surface area contributed by atoms with E-state index in [-0.39, 0.29) is 12.5 Å². The van der Waals surface area contributed by atoms with Gasteiger partial charge in [0, 0.05) is 42.8 Å². The molecule has 5 nitrogen and oxygen atoms in total. The molecule has 0 radical (unpaired) electrons. The third-order valence-electron chi connectivity index (χ3n) is 4.38. The van der Waals surface area contributed by atoms with Gasteiger partial charge in [-0.2, -0.15) is 0 Å². The van der Waals surface area contributed by atoms with Crippen LogP contribution in [0.3, 0.4) is 0 Å². The Kier molecular flexibility index (Phi) is 6.50. The molecule has 0 saturated carbocycles. The van der Waals surface area contributed by atoms with Gasteiger partial charge in [-0.3, -0.25) is 14.8 Å². The average Bonchev–Trinajstić information content (AvgIpc) is 2.73. The molecule has 0 unspecified atom stereocenters. The van der Waals surface area contributed by atoms with E-state index in [1.165, 1.54) is 0 Å². The summed E-state index contributed by atoms with van der Waals surface area (Å²) in [6, 6.07) is 15.0. The summed E-state index contributed by atoms with van der Waals surface area (Å²) >= 11 is 0. The van der Waals surface area contributed by atoms with Crippen molar-refractivity contribution in [2.75, 3.05) is 6.54 Å². The Morgan fingerprint density at radius 3 is 2.64 bits per heavy atom. The van der Waals surface area contributed by atoms with Crippen LogP contribution in [0.25, 0.3) is 11.3 Å². The molecule has 3 aromatic rings. The smallest absolute Gasteiger partial charge is 0.254 e. The maximum atomic E-state index is 13.2. The normalized spacial score (nSPS) is 10.9. The summed E-state index contributed by atoms with van der Waals surface area (Å²) < 4.78 is 0. The second-order valence-corrected chi connectivity index (χ2v) is 7.23. The number of rotatable bonds is 7. The summed E-state index contributed by atoms with van der Waals surface area (Å²) in [6.07, 6.45) is 5.19. The molecule has 0 bridgehead atoms. The van der Waals surface area contributed by atoms with E-state index in [1.54, 1.807) is 24.7 Å². The zero-order valence-corrected chi connectivity index (χ0v) is 16.2. The fourth-order valence-corrected chi connectivity index (χ4v) is 3.10. The first-order chi connectivity index (χ1) is 13.6. The van der Waals surface area contributed by atoms with Crippen LogP contribution in [0.1, 0.15) is 35.3 Å². The molecule has 1 aromatic carbocycles. The largest absolute Gasteiger partial charge is 0.392 e. The first kappa shape index (κ1) is 19.7. The Morgan fingerprint density at radius 2 is 1.93 bits per heavy atom. The van der Waals surface area contributed by atoms with Crippen LogP contribution in [0.2, 0.25) is 0 Å². The van der Waals surface area contributed by atoms with Crippen molar-refractivity contribution in [2.24, 2.45) is 5.92 Å². The average molecular weight is 375 g/mol. The second-order valence-electron chi connectivity index (χ2n) is 7.23. The summed E-state index contributed by atoms with van der Waals surface area (Å²) in [6.45, 7) is 5.35. The summed E-state index contributed by atoms with van der Waals surface area (Å²) in [5.74, 6) is 0.337. The fourth-order valence-electron chi connectivity index (χ4n) is 3.10. The molecule has 0 aliphatic carbocycles. The van der Waals surface area contributed by atoms with Gasteiger partial charge in [-0.1, -0.05) is 32.0 Å². The molecule has 0 aliphatic rings. The van der Waals surface area contributed by atoms with Gasteiger partial charge in [-0.05, 0) is 47.4 Å². The van der Waals surface area contributed by atoms with E-state index in [2.05, 4.69) is 23.8 Å². The standard InChI is InChI=1S/C23H25N3O2/c1-17(2)14-26(15-19-5-4-9-24-13-19)23(28)21-7-3-6-20(12-21)22-11-18(16-27)8-10-25-22/h3-13,17,27H,14-16H2,1-2H3. The minimum Gasteiger partial charge on any atom is -0.392 e. The number of aliphatic hydroxyl groups excluding tert-OH is 1. The molecule has 5 heteroatoms. The number of amides is 1. The SMILES string of the molecule is CC(C)CN(Cc1cccnc1)C(=O)c1cccc(-c2cc(CO)ccn2)c1. The highest BCUT2D eigenvalue weighted by Gasteiger charge is 2.18. The van der Waals surface area contributed by atoms with Crippen LogP contribution in [0, 0.1) is 5.92 Å². The number of hydrogen-bond acceptors (Lipinski definition) is 4. The van der Waals surface area contributed by atoms with Crippen LogP contribution in [-0.2, 0) is 13.2 Å². The maximum absolute atomic E-state index is 13.2. The molecule has 3 rings (SSSR count). The van der Waals surface area contributed by atoms with E-state index in [1.807, 2.05) is 47.4 Å². The molecule has 0 saturated heterocycles. The van der Waals surface area contributed by atoms with Crippen LogP contribution < -0.4 is 0 Å². The van der Waals surface area contributed by atoms with Crippen molar-refractivity contribution < 1.29 is 9.90 Å². The van der Waals surface area contributed by atoms with Crippen LogP contribution in [0.15, 0.2) is 67.1 Å². The van der Waals surface area contributed by atoms with Gasteiger partial charge in [-0.25, -0.2) is 0 Å². The number of aliphatic hydroxyl groups is 1. The van der Waals surface area contributed by atoms with Crippen LogP contribution in [0.4, 0.5) is 0 Å². The highest BCUT2D eigenvalue weighted by molar-refractivity contribution is 5.95. The first-order valence-electron chi connectivity index (χ1n) is 9.41. The minimum atomic E-state index is -0.0403. The number of benzene rings is 1. The molecule has 28 heavy (non-hydrogen) atoms. The first-order valence-corrected chi connectivity index (χ1v) is 9.41. The molecule has 0 fully saturated rings. The van der Waals surface area contributed by atoms with Crippen molar-refractivity contribution in [3.05, 3.63) is 83.8 Å². The molecular weight excluding hydrogens is 350 g/mol. The van der Waals surface area contributed by atoms with Crippen molar-refractivity contribution in [3.63, 3.8) is 0 Å². The molecule has 144 valence electrons. The van der Waals surface area contributed by atoms with Crippen LogP contribution in [0.5, 0.6) is 0 Å². The van der Waals surface area contributed by atoms with Crippen molar-refractivity contribution in [3.8, 4) is 11.3 Å². The lowest BCUT2D eigenvalue weighted by Crippen LogP contribution is -2.33. The lowest BCUT2D eigenvalue weighted by Gasteiger charge is -2.25. The van der Waals surface area contributed by atoms with E-state index in [0.29, 0.717) is 24.6 Å². The number of pyridine rings is 2. The monoisotopic (exact) mass is 375 g/mol.